The summed E-state index contributed by atoms with van der Waals surface area (Å²) in [7, 11) is 0. The second-order valence-corrected chi connectivity index (χ2v) is 7.50. The second kappa shape index (κ2) is 7.59. The van der Waals surface area contributed by atoms with E-state index in [1.54, 1.807) is 0 Å². The number of thiazole rings is 1. The highest BCUT2D eigenvalue weighted by atomic mass is 35.5. The van der Waals surface area contributed by atoms with Crippen molar-refractivity contribution in [2.24, 2.45) is 5.92 Å². The van der Waals surface area contributed by atoms with Gasteiger partial charge in [0, 0.05) is 23.5 Å². The molecule has 1 aliphatic heterocycles. The summed E-state index contributed by atoms with van der Waals surface area (Å²) in [6.45, 7) is 5.21. The number of hydrogen-bond acceptors (Lipinski definition) is 4. The van der Waals surface area contributed by atoms with Crippen molar-refractivity contribution in [3.63, 3.8) is 0 Å². The fourth-order valence-corrected chi connectivity index (χ4v) is 3.79. The van der Waals surface area contributed by atoms with Gasteiger partial charge in [0.05, 0.1) is 11.3 Å². The lowest BCUT2D eigenvalue weighted by atomic mass is 10.0. The van der Waals surface area contributed by atoms with Crippen molar-refractivity contribution in [1.82, 2.24) is 9.88 Å². The molecule has 24 heavy (non-hydrogen) atoms. The van der Waals surface area contributed by atoms with Crippen LogP contribution in [-0.2, 0) is 6.54 Å². The lowest BCUT2D eigenvalue weighted by Crippen LogP contribution is -2.33. The lowest BCUT2D eigenvalue weighted by molar-refractivity contribution is 0.102. The molecule has 1 atom stereocenters. The maximum atomic E-state index is 13.8. The van der Waals surface area contributed by atoms with Gasteiger partial charge in [-0.15, -0.1) is 11.3 Å². The van der Waals surface area contributed by atoms with E-state index in [0.717, 1.165) is 31.4 Å². The van der Waals surface area contributed by atoms with E-state index in [9.17, 15) is 9.18 Å². The molecule has 1 aromatic heterocycles. The van der Waals surface area contributed by atoms with Gasteiger partial charge < -0.3 is 0 Å². The van der Waals surface area contributed by atoms with Gasteiger partial charge in [-0.1, -0.05) is 18.5 Å². The third kappa shape index (κ3) is 4.32. The topological polar surface area (TPSA) is 45.2 Å². The molecule has 1 saturated heterocycles. The normalized spacial score (nSPS) is 18.5. The zero-order chi connectivity index (χ0) is 17.1. The van der Waals surface area contributed by atoms with Gasteiger partial charge in [0.1, 0.15) is 5.82 Å². The maximum absolute atomic E-state index is 13.8. The number of likely N-dealkylation sites (tertiary alicyclic amines) is 1. The molecular formula is C17H19ClFN3OS. The molecule has 3 rings (SSSR count). The second-order valence-electron chi connectivity index (χ2n) is 6.20. The summed E-state index contributed by atoms with van der Waals surface area (Å²) >= 11 is 7.05. The first kappa shape index (κ1) is 17.3. The maximum Gasteiger partial charge on any atom is 0.260 e. The Morgan fingerprint density at radius 3 is 3.12 bits per heavy atom. The Labute approximate surface area is 149 Å². The Balaban J connectivity index is 1.62. The van der Waals surface area contributed by atoms with Gasteiger partial charge in [0.15, 0.2) is 5.13 Å². The van der Waals surface area contributed by atoms with Gasteiger partial charge in [-0.05, 0) is 43.5 Å². The van der Waals surface area contributed by atoms with E-state index in [4.69, 9.17) is 11.6 Å². The van der Waals surface area contributed by atoms with Gasteiger partial charge in [-0.3, -0.25) is 15.0 Å². The number of halogens is 2. The van der Waals surface area contributed by atoms with Crippen LogP contribution in [0.5, 0.6) is 0 Å². The summed E-state index contributed by atoms with van der Waals surface area (Å²) in [5.41, 5.74) is 0.891. The number of piperidine rings is 1. The third-order valence-electron chi connectivity index (χ3n) is 4.07. The molecule has 7 heteroatoms. The summed E-state index contributed by atoms with van der Waals surface area (Å²) in [5, 5.41) is 5.33. The smallest absolute Gasteiger partial charge is 0.260 e. The van der Waals surface area contributed by atoms with Crippen molar-refractivity contribution in [2.75, 3.05) is 18.4 Å². The third-order valence-corrected chi connectivity index (χ3v) is 5.12. The highest BCUT2D eigenvalue weighted by Crippen LogP contribution is 2.22. The number of aromatic nitrogens is 1. The molecule has 0 bridgehead atoms. The molecule has 128 valence electrons. The molecule has 1 amide bonds. The molecule has 2 aromatic rings. The van der Waals surface area contributed by atoms with Crippen LogP contribution in [0.15, 0.2) is 23.6 Å². The Kier molecular flexibility index (Phi) is 5.48. The highest BCUT2D eigenvalue weighted by molar-refractivity contribution is 7.13. The van der Waals surface area contributed by atoms with Gasteiger partial charge in [0.25, 0.3) is 5.91 Å². The minimum Gasteiger partial charge on any atom is -0.298 e. The standard InChI is InChI=1S/C17H19ClFN3OS/c1-11-3-2-6-22(8-11)9-13-10-24-17(20-13)21-16(23)14-5-4-12(18)7-15(14)19/h4-5,7,10-11H,2-3,6,8-9H2,1H3,(H,20,21,23). The minimum atomic E-state index is -0.640. The fraction of sp³-hybridized carbons (Fsp3) is 0.412. The highest BCUT2D eigenvalue weighted by Gasteiger charge is 2.18. The van der Waals surface area contributed by atoms with E-state index < -0.39 is 11.7 Å². The largest absolute Gasteiger partial charge is 0.298 e. The number of anilines is 1. The Morgan fingerprint density at radius 2 is 2.38 bits per heavy atom. The van der Waals surface area contributed by atoms with E-state index in [2.05, 4.69) is 22.1 Å². The molecule has 0 aliphatic carbocycles. The van der Waals surface area contributed by atoms with Crippen LogP contribution in [0.25, 0.3) is 0 Å². The molecule has 4 nitrogen and oxygen atoms in total. The summed E-state index contributed by atoms with van der Waals surface area (Å²) in [6.07, 6.45) is 2.49. The van der Waals surface area contributed by atoms with Gasteiger partial charge in [-0.25, -0.2) is 9.37 Å². The van der Waals surface area contributed by atoms with Crippen molar-refractivity contribution < 1.29 is 9.18 Å². The Morgan fingerprint density at radius 1 is 1.54 bits per heavy atom. The van der Waals surface area contributed by atoms with Crippen LogP contribution in [0.4, 0.5) is 9.52 Å². The average Bonchev–Trinajstić information content (AvgIpc) is 2.94. The zero-order valence-electron chi connectivity index (χ0n) is 13.4. The van der Waals surface area contributed by atoms with Crippen LogP contribution >= 0.6 is 22.9 Å². The Bertz CT molecular complexity index is 736. The molecular weight excluding hydrogens is 349 g/mol. The Hall–Kier alpha value is -1.50. The monoisotopic (exact) mass is 367 g/mol. The summed E-state index contributed by atoms with van der Waals surface area (Å²) < 4.78 is 13.8. The van der Waals surface area contributed by atoms with E-state index in [-0.39, 0.29) is 10.6 Å². The lowest BCUT2D eigenvalue weighted by Gasteiger charge is -2.30. The van der Waals surface area contributed by atoms with Crippen LogP contribution in [0.3, 0.4) is 0 Å². The summed E-state index contributed by atoms with van der Waals surface area (Å²) in [4.78, 5) is 19.0. The van der Waals surface area contributed by atoms with E-state index >= 15 is 0 Å². The number of carbonyl (C=O) groups is 1. The number of amides is 1. The average molecular weight is 368 g/mol. The predicted octanol–water partition coefficient (Wildman–Crippen LogP) is 4.42. The molecule has 1 unspecified atom stereocenters. The molecule has 1 fully saturated rings. The molecule has 2 heterocycles. The van der Waals surface area contributed by atoms with E-state index in [1.165, 1.54) is 36.3 Å². The number of benzene rings is 1. The number of rotatable bonds is 4. The molecule has 1 N–H and O–H groups in total. The number of nitrogens with one attached hydrogen (secondary N) is 1. The van der Waals surface area contributed by atoms with Crippen LogP contribution in [-0.4, -0.2) is 28.9 Å². The molecule has 1 aliphatic rings. The van der Waals surface area contributed by atoms with Crippen LogP contribution in [0, 0.1) is 11.7 Å². The predicted molar refractivity (Wildman–Crippen MR) is 95.2 cm³/mol. The van der Waals surface area contributed by atoms with Gasteiger partial charge >= 0.3 is 0 Å². The van der Waals surface area contributed by atoms with Crippen molar-refractivity contribution in [2.45, 2.75) is 26.3 Å². The van der Waals surface area contributed by atoms with Gasteiger partial charge in [-0.2, -0.15) is 0 Å². The van der Waals surface area contributed by atoms with Crippen molar-refractivity contribution in [1.29, 1.82) is 0 Å². The van der Waals surface area contributed by atoms with E-state index in [0.29, 0.717) is 11.0 Å². The van der Waals surface area contributed by atoms with Crippen LogP contribution < -0.4 is 5.32 Å². The van der Waals surface area contributed by atoms with Crippen LogP contribution in [0.2, 0.25) is 5.02 Å². The number of nitrogens with zero attached hydrogens (tertiary/aromatic N) is 2. The first-order chi connectivity index (χ1) is 11.5. The summed E-state index contributed by atoms with van der Waals surface area (Å²) in [5.74, 6) is -0.444. The number of hydrogen-bond donors (Lipinski definition) is 1. The molecule has 0 radical (unpaired) electrons. The molecule has 1 aromatic carbocycles. The fourth-order valence-electron chi connectivity index (χ4n) is 2.93. The van der Waals surface area contributed by atoms with Crippen molar-refractivity contribution in [3.8, 4) is 0 Å². The number of carbonyl (C=O) groups excluding carboxylic acids is 1. The van der Waals surface area contributed by atoms with E-state index in [1.807, 2.05) is 5.38 Å². The molecule has 0 saturated carbocycles. The first-order valence-corrected chi connectivity index (χ1v) is 9.20. The van der Waals surface area contributed by atoms with Crippen molar-refractivity contribution >= 4 is 34.0 Å². The molecule has 0 spiro atoms. The van der Waals surface area contributed by atoms with Crippen LogP contribution in [0.1, 0.15) is 35.8 Å². The quantitative estimate of drug-likeness (QED) is 0.870. The first-order valence-electron chi connectivity index (χ1n) is 7.94. The minimum absolute atomic E-state index is 0.0407. The summed E-state index contributed by atoms with van der Waals surface area (Å²) in [6, 6.07) is 3.99. The van der Waals surface area contributed by atoms with Crippen molar-refractivity contribution in [3.05, 3.63) is 45.7 Å². The SMILES string of the molecule is CC1CCCN(Cc2csc(NC(=O)c3ccc(Cl)cc3F)n2)C1. The zero-order valence-corrected chi connectivity index (χ0v) is 15.0. The van der Waals surface area contributed by atoms with Gasteiger partial charge in [0.2, 0.25) is 0 Å².